The van der Waals surface area contributed by atoms with Crippen molar-refractivity contribution >= 4 is 17.6 Å². The molecule has 172 valence electrons. The highest BCUT2D eigenvalue weighted by atomic mass is 16.5. The zero-order valence-corrected chi connectivity index (χ0v) is 19.1. The average Bonchev–Trinajstić information content (AvgIpc) is 2.83. The van der Waals surface area contributed by atoms with Gasteiger partial charge in [-0.3, -0.25) is 4.79 Å². The molecule has 3 aromatic carbocycles. The number of methoxy groups -OCH3 is 2. The van der Waals surface area contributed by atoms with Crippen LogP contribution in [0.25, 0.3) is 0 Å². The zero-order valence-electron chi connectivity index (χ0n) is 19.1. The third-order valence-electron chi connectivity index (χ3n) is 4.88. The summed E-state index contributed by atoms with van der Waals surface area (Å²) in [7, 11) is 3.01. The van der Waals surface area contributed by atoms with Crippen LogP contribution in [0.3, 0.4) is 0 Å². The van der Waals surface area contributed by atoms with Crippen molar-refractivity contribution in [3.8, 4) is 17.2 Å². The lowest BCUT2D eigenvalue weighted by Gasteiger charge is -2.19. The van der Waals surface area contributed by atoms with E-state index in [1.54, 1.807) is 48.5 Å². The standard InChI is InChI=1S/C26H27NO6/c1-5-32-22-14-12-19(16-23(22)31-4)26(29)33-24(18-9-7-6-8-10-18)25(28)27-20-15-17(2)11-13-21(20)30-3/h6-16,24H,5H2,1-4H3,(H,27,28). The Bertz CT molecular complexity index is 1110. The Kier molecular flexibility index (Phi) is 7.91. The highest BCUT2D eigenvalue weighted by Gasteiger charge is 2.27. The first-order valence-corrected chi connectivity index (χ1v) is 10.5. The van der Waals surface area contributed by atoms with E-state index in [0.29, 0.717) is 35.1 Å². The molecule has 1 N–H and O–H groups in total. The molecule has 0 radical (unpaired) electrons. The summed E-state index contributed by atoms with van der Waals surface area (Å²) in [5.41, 5.74) is 2.20. The minimum Gasteiger partial charge on any atom is -0.495 e. The van der Waals surface area contributed by atoms with E-state index < -0.39 is 18.0 Å². The van der Waals surface area contributed by atoms with Gasteiger partial charge in [0.1, 0.15) is 5.75 Å². The molecular weight excluding hydrogens is 422 g/mol. The summed E-state index contributed by atoms with van der Waals surface area (Å²) in [5, 5.41) is 2.82. The molecule has 0 aliphatic carbocycles. The topological polar surface area (TPSA) is 83.1 Å². The normalized spacial score (nSPS) is 11.3. The van der Waals surface area contributed by atoms with Crippen molar-refractivity contribution in [3.05, 3.63) is 83.4 Å². The van der Waals surface area contributed by atoms with E-state index in [9.17, 15) is 9.59 Å². The van der Waals surface area contributed by atoms with E-state index in [1.807, 2.05) is 26.0 Å². The Labute approximate surface area is 193 Å². The van der Waals surface area contributed by atoms with E-state index in [2.05, 4.69) is 5.32 Å². The molecule has 1 unspecified atom stereocenters. The number of aryl methyl sites for hydroxylation is 1. The minimum atomic E-state index is -1.18. The monoisotopic (exact) mass is 449 g/mol. The molecule has 0 aromatic heterocycles. The van der Waals surface area contributed by atoms with E-state index in [0.717, 1.165) is 5.56 Å². The smallest absolute Gasteiger partial charge is 0.339 e. The van der Waals surface area contributed by atoms with Gasteiger partial charge in [-0.15, -0.1) is 0 Å². The van der Waals surface area contributed by atoms with Gasteiger partial charge in [-0.1, -0.05) is 36.4 Å². The number of ether oxygens (including phenoxy) is 4. The van der Waals surface area contributed by atoms with Crippen LogP contribution >= 0.6 is 0 Å². The van der Waals surface area contributed by atoms with Crippen LogP contribution in [0, 0.1) is 6.92 Å². The highest BCUT2D eigenvalue weighted by Crippen LogP contribution is 2.31. The number of nitrogens with one attached hydrogen (secondary N) is 1. The van der Waals surface area contributed by atoms with Gasteiger partial charge in [-0.2, -0.15) is 0 Å². The molecule has 0 heterocycles. The number of esters is 1. The molecule has 33 heavy (non-hydrogen) atoms. The number of anilines is 1. The van der Waals surface area contributed by atoms with Gasteiger partial charge in [0.25, 0.3) is 5.91 Å². The number of hydrogen-bond donors (Lipinski definition) is 1. The molecule has 7 nitrogen and oxygen atoms in total. The summed E-state index contributed by atoms with van der Waals surface area (Å²) >= 11 is 0. The Balaban J connectivity index is 1.88. The molecule has 1 atom stereocenters. The van der Waals surface area contributed by atoms with Gasteiger partial charge in [0.15, 0.2) is 11.5 Å². The molecule has 0 aliphatic rings. The van der Waals surface area contributed by atoms with Gasteiger partial charge < -0.3 is 24.3 Å². The quantitative estimate of drug-likeness (QED) is 0.466. The van der Waals surface area contributed by atoms with Crippen molar-refractivity contribution in [1.29, 1.82) is 0 Å². The van der Waals surface area contributed by atoms with Crippen molar-refractivity contribution in [1.82, 2.24) is 0 Å². The second-order valence-corrected chi connectivity index (χ2v) is 7.19. The van der Waals surface area contributed by atoms with E-state index >= 15 is 0 Å². The SMILES string of the molecule is CCOc1ccc(C(=O)OC(C(=O)Nc2cc(C)ccc2OC)c2ccccc2)cc1OC. The van der Waals surface area contributed by atoms with Crippen molar-refractivity contribution in [2.45, 2.75) is 20.0 Å². The molecule has 7 heteroatoms. The Hall–Kier alpha value is -4.00. The van der Waals surface area contributed by atoms with Gasteiger partial charge in [0.05, 0.1) is 32.1 Å². The van der Waals surface area contributed by atoms with Crippen LogP contribution in [0.5, 0.6) is 17.2 Å². The maximum atomic E-state index is 13.2. The predicted octanol–water partition coefficient (Wildman–Crippen LogP) is 4.95. The van der Waals surface area contributed by atoms with Crippen LogP contribution in [0.1, 0.15) is 34.5 Å². The lowest BCUT2D eigenvalue weighted by atomic mass is 10.1. The number of hydrogen-bond acceptors (Lipinski definition) is 6. The van der Waals surface area contributed by atoms with Crippen LogP contribution in [0.4, 0.5) is 5.69 Å². The molecule has 1 amide bonds. The predicted molar refractivity (Wildman–Crippen MR) is 125 cm³/mol. The van der Waals surface area contributed by atoms with E-state index in [1.165, 1.54) is 20.3 Å². The summed E-state index contributed by atoms with van der Waals surface area (Å²) in [6.07, 6.45) is -1.18. The lowest BCUT2D eigenvalue weighted by molar-refractivity contribution is -0.125. The van der Waals surface area contributed by atoms with Crippen molar-refractivity contribution in [2.75, 3.05) is 26.1 Å². The zero-order chi connectivity index (χ0) is 23.8. The lowest BCUT2D eigenvalue weighted by Crippen LogP contribution is -2.26. The summed E-state index contributed by atoms with van der Waals surface area (Å²) in [5.74, 6) is 0.244. The molecule has 0 spiro atoms. The summed E-state index contributed by atoms with van der Waals surface area (Å²) in [6, 6.07) is 19.0. The third-order valence-corrected chi connectivity index (χ3v) is 4.88. The van der Waals surface area contributed by atoms with Crippen molar-refractivity contribution < 1.29 is 28.5 Å². The molecule has 0 saturated heterocycles. The van der Waals surface area contributed by atoms with Gasteiger partial charge >= 0.3 is 5.97 Å². The first-order valence-electron chi connectivity index (χ1n) is 10.5. The third kappa shape index (κ3) is 5.83. The average molecular weight is 450 g/mol. The fourth-order valence-electron chi connectivity index (χ4n) is 3.26. The number of rotatable bonds is 9. The Morgan fingerprint density at radius 1 is 0.879 bits per heavy atom. The maximum Gasteiger partial charge on any atom is 0.339 e. The first-order chi connectivity index (χ1) is 16.0. The van der Waals surface area contributed by atoms with Crippen molar-refractivity contribution in [3.63, 3.8) is 0 Å². The summed E-state index contributed by atoms with van der Waals surface area (Å²) in [6.45, 7) is 4.22. The van der Waals surface area contributed by atoms with Crippen LogP contribution in [-0.4, -0.2) is 32.7 Å². The summed E-state index contributed by atoms with van der Waals surface area (Å²) < 4.78 is 21.8. The second kappa shape index (κ2) is 11.0. The molecule has 3 aromatic rings. The number of amides is 1. The first kappa shape index (κ1) is 23.7. The van der Waals surface area contributed by atoms with E-state index in [4.69, 9.17) is 18.9 Å². The summed E-state index contributed by atoms with van der Waals surface area (Å²) in [4.78, 5) is 26.2. The molecule has 3 rings (SSSR count). The van der Waals surface area contributed by atoms with Gasteiger partial charge in [0, 0.05) is 5.56 Å². The van der Waals surface area contributed by atoms with Crippen LogP contribution < -0.4 is 19.5 Å². The van der Waals surface area contributed by atoms with Gasteiger partial charge in [-0.25, -0.2) is 4.79 Å². The fraction of sp³-hybridized carbons (Fsp3) is 0.231. The molecular formula is C26H27NO6. The highest BCUT2D eigenvalue weighted by molar-refractivity contribution is 5.99. The molecule has 0 fully saturated rings. The van der Waals surface area contributed by atoms with Crippen LogP contribution in [-0.2, 0) is 9.53 Å². The number of benzene rings is 3. The number of carbonyl (C=O) groups is 2. The maximum absolute atomic E-state index is 13.2. The van der Waals surface area contributed by atoms with Gasteiger partial charge in [-0.05, 0) is 49.7 Å². The van der Waals surface area contributed by atoms with Crippen LogP contribution in [0.2, 0.25) is 0 Å². The minimum absolute atomic E-state index is 0.233. The number of carbonyl (C=O) groups excluding carboxylic acids is 2. The van der Waals surface area contributed by atoms with Crippen LogP contribution in [0.15, 0.2) is 66.7 Å². The largest absolute Gasteiger partial charge is 0.495 e. The Morgan fingerprint density at radius 3 is 2.24 bits per heavy atom. The molecule has 0 saturated carbocycles. The molecule has 0 aliphatic heterocycles. The molecule has 0 bridgehead atoms. The van der Waals surface area contributed by atoms with Gasteiger partial charge in [0.2, 0.25) is 6.10 Å². The van der Waals surface area contributed by atoms with E-state index in [-0.39, 0.29) is 5.56 Å². The van der Waals surface area contributed by atoms with Crippen molar-refractivity contribution in [2.24, 2.45) is 0 Å². The fourth-order valence-corrected chi connectivity index (χ4v) is 3.26. The second-order valence-electron chi connectivity index (χ2n) is 7.19. The Morgan fingerprint density at radius 2 is 1.58 bits per heavy atom.